The Balaban J connectivity index is 1.95. The molecule has 0 saturated heterocycles. The van der Waals surface area contributed by atoms with Crippen LogP contribution in [0.15, 0.2) is 48.5 Å². The number of amides is 1. The average Bonchev–Trinajstić information content (AvgIpc) is 2.77. The Bertz CT molecular complexity index is 701. The van der Waals surface area contributed by atoms with Gasteiger partial charge in [0.15, 0.2) is 0 Å². The van der Waals surface area contributed by atoms with Crippen molar-refractivity contribution < 1.29 is 4.79 Å². The van der Waals surface area contributed by atoms with Crippen LogP contribution in [0.2, 0.25) is 0 Å². The van der Waals surface area contributed by atoms with E-state index in [9.17, 15) is 4.79 Å². The lowest BCUT2D eigenvalue weighted by Crippen LogP contribution is -2.31. The van der Waals surface area contributed by atoms with E-state index in [1.807, 2.05) is 24.3 Å². The van der Waals surface area contributed by atoms with E-state index in [-0.39, 0.29) is 5.91 Å². The molecule has 1 aliphatic heterocycles. The van der Waals surface area contributed by atoms with E-state index in [0.29, 0.717) is 17.7 Å². The fourth-order valence-electron chi connectivity index (χ4n) is 2.49. The SMILES string of the molecule is N#Cc1ccc(C(=O)N2CCCNc3ccccc32)cc1. The molecule has 0 fully saturated rings. The molecule has 2 aromatic rings. The molecule has 0 radical (unpaired) electrons. The first-order chi connectivity index (χ1) is 10.3. The van der Waals surface area contributed by atoms with E-state index >= 15 is 0 Å². The zero-order chi connectivity index (χ0) is 14.7. The van der Waals surface area contributed by atoms with Gasteiger partial charge >= 0.3 is 0 Å². The lowest BCUT2D eigenvalue weighted by atomic mass is 10.1. The van der Waals surface area contributed by atoms with E-state index in [1.165, 1.54) is 0 Å². The van der Waals surface area contributed by atoms with Crippen molar-refractivity contribution in [1.82, 2.24) is 0 Å². The fourth-order valence-corrected chi connectivity index (χ4v) is 2.49. The highest BCUT2D eigenvalue weighted by Crippen LogP contribution is 2.29. The molecule has 0 atom stereocenters. The summed E-state index contributed by atoms with van der Waals surface area (Å²) >= 11 is 0. The number of hydrogen-bond acceptors (Lipinski definition) is 3. The van der Waals surface area contributed by atoms with Gasteiger partial charge in [-0.3, -0.25) is 4.79 Å². The van der Waals surface area contributed by atoms with Gasteiger partial charge in [0.1, 0.15) is 0 Å². The summed E-state index contributed by atoms with van der Waals surface area (Å²) in [7, 11) is 0. The Morgan fingerprint density at radius 3 is 2.67 bits per heavy atom. The summed E-state index contributed by atoms with van der Waals surface area (Å²) in [6.45, 7) is 1.54. The molecule has 4 nitrogen and oxygen atoms in total. The number of fused-ring (bicyclic) bond motifs is 1. The second kappa shape index (κ2) is 5.68. The van der Waals surface area contributed by atoms with Crippen LogP contribution in [-0.2, 0) is 0 Å². The summed E-state index contributed by atoms with van der Waals surface area (Å²) < 4.78 is 0. The summed E-state index contributed by atoms with van der Waals surface area (Å²) in [5.74, 6) is -0.0318. The normalized spacial score (nSPS) is 13.6. The first kappa shape index (κ1) is 13.2. The highest BCUT2D eigenvalue weighted by atomic mass is 16.2. The largest absolute Gasteiger partial charge is 0.383 e. The van der Waals surface area contributed by atoms with E-state index in [0.717, 1.165) is 24.3 Å². The number of nitriles is 1. The number of nitrogens with one attached hydrogen (secondary N) is 1. The second-order valence-electron chi connectivity index (χ2n) is 4.94. The summed E-state index contributed by atoms with van der Waals surface area (Å²) in [6, 6.07) is 16.7. The predicted molar refractivity (Wildman–Crippen MR) is 82.4 cm³/mol. The Kier molecular flexibility index (Phi) is 3.57. The summed E-state index contributed by atoms with van der Waals surface area (Å²) in [5.41, 5.74) is 3.05. The molecule has 0 saturated carbocycles. The minimum Gasteiger partial charge on any atom is -0.383 e. The van der Waals surface area contributed by atoms with Gasteiger partial charge in [-0.05, 0) is 42.8 Å². The van der Waals surface area contributed by atoms with E-state index < -0.39 is 0 Å². The molecule has 0 bridgehead atoms. The third-order valence-corrected chi connectivity index (χ3v) is 3.57. The maximum Gasteiger partial charge on any atom is 0.258 e. The van der Waals surface area contributed by atoms with Gasteiger partial charge in [0.25, 0.3) is 5.91 Å². The van der Waals surface area contributed by atoms with Crippen LogP contribution in [0.5, 0.6) is 0 Å². The third-order valence-electron chi connectivity index (χ3n) is 3.57. The van der Waals surface area contributed by atoms with Crippen molar-refractivity contribution in [2.45, 2.75) is 6.42 Å². The maximum absolute atomic E-state index is 12.7. The van der Waals surface area contributed by atoms with Crippen molar-refractivity contribution in [3.63, 3.8) is 0 Å². The molecule has 104 valence electrons. The molecular weight excluding hydrogens is 262 g/mol. The number of para-hydroxylation sites is 2. The van der Waals surface area contributed by atoms with Gasteiger partial charge in [-0.1, -0.05) is 12.1 Å². The molecule has 0 aliphatic carbocycles. The van der Waals surface area contributed by atoms with Crippen molar-refractivity contribution in [2.75, 3.05) is 23.3 Å². The maximum atomic E-state index is 12.7. The van der Waals surface area contributed by atoms with Crippen LogP contribution >= 0.6 is 0 Å². The van der Waals surface area contributed by atoms with Gasteiger partial charge in [-0.15, -0.1) is 0 Å². The zero-order valence-electron chi connectivity index (χ0n) is 11.5. The fraction of sp³-hybridized carbons (Fsp3) is 0.176. The molecule has 0 aromatic heterocycles. The van der Waals surface area contributed by atoms with Crippen LogP contribution in [0.1, 0.15) is 22.3 Å². The number of nitrogens with zero attached hydrogens (tertiary/aromatic N) is 2. The number of benzene rings is 2. The zero-order valence-corrected chi connectivity index (χ0v) is 11.5. The molecule has 0 unspecified atom stereocenters. The van der Waals surface area contributed by atoms with Crippen molar-refractivity contribution in [3.05, 3.63) is 59.7 Å². The second-order valence-corrected chi connectivity index (χ2v) is 4.94. The molecule has 1 N–H and O–H groups in total. The minimum absolute atomic E-state index is 0.0318. The van der Waals surface area contributed by atoms with Gasteiger partial charge in [0.05, 0.1) is 23.0 Å². The van der Waals surface area contributed by atoms with Crippen molar-refractivity contribution in [3.8, 4) is 6.07 Å². The molecule has 3 rings (SSSR count). The lowest BCUT2D eigenvalue weighted by Gasteiger charge is -2.22. The Morgan fingerprint density at radius 2 is 1.90 bits per heavy atom. The Morgan fingerprint density at radius 1 is 1.14 bits per heavy atom. The summed E-state index contributed by atoms with van der Waals surface area (Å²) in [5, 5.41) is 12.2. The summed E-state index contributed by atoms with van der Waals surface area (Å²) in [4.78, 5) is 14.5. The number of rotatable bonds is 1. The van der Waals surface area contributed by atoms with Gasteiger partial charge in [0, 0.05) is 18.7 Å². The number of carbonyl (C=O) groups excluding carboxylic acids is 1. The van der Waals surface area contributed by atoms with Gasteiger partial charge < -0.3 is 10.2 Å². The van der Waals surface area contributed by atoms with Gasteiger partial charge in [-0.25, -0.2) is 0 Å². The molecule has 21 heavy (non-hydrogen) atoms. The summed E-state index contributed by atoms with van der Waals surface area (Å²) in [6.07, 6.45) is 0.900. The smallest absolute Gasteiger partial charge is 0.258 e. The highest BCUT2D eigenvalue weighted by molar-refractivity contribution is 6.07. The molecular formula is C17H15N3O. The standard InChI is InChI=1S/C17H15N3O/c18-12-13-6-8-14(9-7-13)17(21)20-11-3-10-19-15-4-1-2-5-16(15)20/h1-2,4-9,19H,3,10-11H2. The van der Waals surface area contributed by atoms with Crippen LogP contribution < -0.4 is 10.2 Å². The van der Waals surface area contributed by atoms with Crippen LogP contribution in [0.4, 0.5) is 11.4 Å². The lowest BCUT2D eigenvalue weighted by molar-refractivity contribution is 0.0987. The third kappa shape index (κ3) is 2.59. The van der Waals surface area contributed by atoms with Crippen LogP contribution in [0.25, 0.3) is 0 Å². The molecule has 1 aliphatic rings. The van der Waals surface area contributed by atoms with Gasteiger partial charge in [-0.2, -0.15) is 5.26 Å². The van der Waals surface area contributed by atoms with Crippen molar-refractivity contribution in [1.29, 1.82) is 5.26 Å². The first-order valence-electron chi connectivity index (χ1n) is 6.94. The van der Waals surface area contributed by atoms with Crippen molar-refractivity contribution >= 4 is 17.3 Å². The monoisotopic (exact) mass is 277 g/mol. The van der Waals surface area contributed by atoms with E-state index in [1.54, 1.807) is 29.2 Å². The Labute approximate surface area is 123 Å². The van der Waals surface area contributed by atoms with E-state index in [2.05, 4.69) is 11.4 Å². The average molecular weight is 277 g/mol. The first-order valence-corrected chi connectivity index (χ1v) is 6.94. The van der Waals surface area contributed by atoms with Crippen LogP contribution in [-0.4, -0.2) is 19.0 Å². The van der Waals surface area contributed by atoms with Crippen LogP contribution in [0, 0.1) is 11.3 Å². The quantitative estimate of drug-likeness (QED) is 0.871. The molecule has 1 heterocycles. The Hall–Kier alpha value is -2.80. The molecule has 4 heteroatoms. The van der Waals surface area contributed by atoms with Crippen molar-refractivity contribution in [2.24, 2.45) is 0 Å². The highest BCUT2D eigenvalue weighted by Gasteiger charge is 2.21. The number of carbonyl (C=O) groups is 1. The topological polar surface area (TPSA) is 56.1 Å². The number of hydrogen-bond donors (Lipinski definition) is 1. The molecule has 2 aromatic carbocycles. The minimum atomic E-state index is -0.0318. The number of anilines is 2. The van der Waals surface area contributed by atoms with E-state index in [4.69, 9.17) is 5.26 Å². The predicted octanol–water partition coefficient (Wildman–Crippen LogP) is 3.02. The molecule has 0 spiro atoms. The molecule has 1 amide bonds. The van der Waals surface area contributed by atoms with Crippen LogP contribution in [0.3, 0.4) is 0 Å². The van der Waals surface area contributed by atoms with Gasteiger partial charge in [0.2, 0.25) is 0 Å².